The fourth-order valence-electron chi connectivity index (χ4n) is 1.80. The van der Waals surface area contributed by atoms with E-state index in [1.165, 1.54) is 0 Å². The van der Waals surface area contributed by atoms with E-state index < -0.39 is 0 Å². The Morgan fingerprint density at radius 1 is 1.32 bits per heavy atom. The Kier molecular flexibility index (Phi) is 4.47. The smallest absolute Gasteiger partial charge is 0.238 e. The van der Waals surface area contributed by atoms with Crippen LogP contribution in [-0.2, 0) is 0 Å². The maximum absolute atomic E-state index is 9.00. The van der Waals surface area contributed by atoms with Crippen molar-refractivity contribution in [1.82, 2.24) is 20.3 Å². The maximum Gasteiger partial charge on any atom is 0.238 e. The van der Waals surface area contributed by atoms with Gasteiger partial charge < -0.3 is 15.5 Å². The topological polar surface area (TPSA) is 89.8 Å². The van der Waals surface area contributed by atoms with Crippen LogP contribution in [0, 0.1) is 17.2 Å². The van der Waals surface area contributed by atoms with Crippen molar-refractivity contribution in [2.24, 2.45) is 5.92 Å². The van der Waals surface area contributed by atoms with Gasteiger partial charge in [0.2, 0.25) is 17.7 Å². The molecule has 1 aliphatic rings. The lowest BCUT2D eigenvalue weighted by Gasteiger charge is -2.27. The monoisotopic (exact) mass is 261 g/mol. The first-order valence-electron chi connectivity index (χ1n) is 6.54. The Hall–Kier alpha value is -1.94. The van der Waals surface area contributed by atoms with Gasteiger partial charge in [0.15, 0.2) is 0 Å². The van der Waals surface area contributed by atoms with E-state index in [4.69, 9.17) is 5.26 Å². The van der Waals surface area contributed by atoms with Gasteiger partial charge in [-0.1, -0.05) is 13.8 Å². The quantitative estimate of drug-likeness (QED) is 0.801. The molecule has 19 heavy (non-hydrogen) atoms. The van der Waals surface area contributed by atoms with Gasteiger partial charge in [0.05, 0.1) is 0 Å². The van der Waals surface area contributed by atoms with E-state index in [2.05, 4.69) is 44.3 Å². The van der Waals surface area contributed by atoms with Crippen LogP contribution in [-0.4, -0.2) is 47.7 Å². The number of hydrogen-bond donors (Lipinski definition) is 2. The molecule has 102 valence electrons. The first-order valence-corrected chi connectivity index (χ1v) is 6.54. The molecule has 0 bridgehead atoms. The molecule has 0 aliphatic carbocycles. The summed E-state index contributed by atoms with van der Waals surface area (Å²) >= 11 is 0. The van der Waals surface area contributed by atoms with Crippen molar-refractivity contribution in [3.05, 3.63) is 5.82 Å². The first kappa shape index (κ1) is 13.5. The molecule has 1 saturated heterocycles. The Labute approximate surface area is 113 Å². The molecular formula is C12H19N7. The number of nitriles is 1. The molecule has 7 nitrogen and oxygen atoms in total. The summed E-state index contributed by atoms with van der Waals surface area (Å²) in [6, 6.07) is 1.99. The van der Waals surface area contributed by atoms with Crippen molar-refractivity contribution in [2.45, 2.75) is 13.8 Å². The molecular weight excluding hydrogens is 242 g/mol. The van der Waals surface area contributed by atoms with Crippen LogP contribution in [0.1, 0.15) is 19.7 Å². The molecule has 0 atom stereocenters. The predicted octanol–water partition coefficient (Wildman–Crippen LogP) is 0.221. The van der Waals surface area contributed by atoms with Crippen LogP contribution in [0.2, 0.25) is 0 Å². The molecule has 1 aliphatic heterocycles. The summed E-state index contributed by atoms with van der Waals surface area (Å²) in [5.74, 6) is 1.72. The SMILES string of the molecule is CC(C)CNc1nc(C#N)nc(N2CCNCC2)n1. The largest absolute Gasteiger partial charge is 0.354 e. The second-order valence-corrected chi connectivity index (χ2v) is 4.91. The molecule has 0 saturated carbocycles. The number of nitrogens with zero attached hydrogens (tertiary/aromatic N) is 5. The minimum absolute atomic E-state index is 0.162. The summed E-state index contributed by atoms with van der Waals surface area (Å²) in [6.45, 7) is 8.49. The fourth-order valence-corrected chi connectivity index (χ4v) is 1.80. The summed E-state index contributed by atoms with van der Waals surface area (Å²) in [4.78, 5) is 14.7. The highest BCUT2D eigenvalue weighted by molar-refractivity contribution is 5.39. The molecule has 2 heterocycles. The zero-order valence-corrected chi connectivity index (χ0v) is 11.3. The van der Waals surface area contributed by atoms with Crippen LogP contribution in [0.5, 0.6) is 0 Å². The average Bonchev–Trinajstić information content (AvgIpc) is 2.45. The lowest BCUT2D eigenvalue weighted by atomic mass is 10.2. The van der Waals surface area contributed by atoms with Crippen LogP contribution in [0.4, 0.5) is 11.9 Å². The van der Waals surface area contributed by atoms with E-state index in [-0.39, 0.29) is 5.82 Å². The van der Waals surface area contributed by atoms with Gasteiger partial charge in [-0.2, -0.15) is 20.2 Å². The molecule has 0 aromatic carbocycles. The summed E-state index contributed by atoms with van der Waals surface area (Å²) in [5.41, 5.74) is 0. The zero-order valence-electron chi connectivity index (χ0n) is 11.3. The van der Waals surface area contributed by atoms with Gasteiger partial charge in [0.1, 0.15) is 6.07 Å². The van der Waals surface area contributed by atoms with Crippen molar-refractivity contribution < 1.29 is 0 Å². The van der Waals surface area contributed by atoms with Crippen LogP contribution in [0.3, 0.4) is 0 Å². The molecule has 0 spiro atoms. The Morgan fingerprint density at radius 3 is 2.68 bits per heavy atom. The second kappa shape index (κ2) is 6.29. The van der Waals surface area contributed by atoms with Gasteiger partial charge in [0.25, 0.3) is 0 Å². The number of rotatable bonds is 4. The predicted molar refractivity (Wildman–Crippen MR) is 73.0 cm³/mol. The van der Waals surface area contributed by atoms with E-state index >= 15 is 0 Å². The van der Waals surface area contributed by atoms with Crippen molar-refractivity contribution in [3.8, 4) is 6.07 Å². The minimum Gasteiger partial charge on any atom is -0.354 e. The van der Waals surface area contributed by atoms with E-state index in [9.17, 15) is 0 Å². The summed E-state index contributed by atoms with van der Waals surface area (Å²) in [6.07, 6.45) is 0. The van der Waals surface area contributed by atoms with Crippen LogP contribution < -0.4 is 15.5 Å². The third kappa shape index (κ3) is 3.76. The van der Waals surface area contributed by atoms with Gasteiger partial charge in [-0.3, -0.25) is 0 Å². The highest BCUT2D eigenvalue weighted by Crippen LogP contribution is 2.11. The number of anilines is 2. The van der Waals surface area contributed by atoms with Crippen molar-refractivity contribution in [1.29, 1.82) is 5.26 Å². The second-order valence-electron chi connectivity index (χ2n) is 4.91. The average molecular weight is 261 g/mol. The summed E-state index contributed by atoms with van der Waals surface area (Å²) < 4.78 is 0. The van der Waals surface area contributed by atoms with Gasteiger partial charge >= 0.3 is 0 Å². The minimum atomic E-state index is 0.162. The molecule has 7 heteroatoms. The van der Waals surface area contributed by atoms with E-state index in [1.807, 2.05) is 6.07 Å². The zero-order chi connectivity index (χ0) is 13.7. The van der Waals surface area contributed by atoms with Crippen LogP contribution >= 0.6 is 0 Å². The molecule has 1 aromatic heterocycles. The number of piperazine rings is 1. The first-order chi connectivity index (χ1) is 9.19. The van der Waals surface area contributed by atoms with Crippen LogP contribution in [0.15, 0.2) is 0 Å². The number of nitrogens with one attached hydrogen (secondary N) is 2. The van der Waals surface area contributed by atoms with Crippen molar-refractivity contribution in [2.75, 3.05) is 42.9 Å². The Bertz CT molecular complexity index is 460. The van der Waals surface area contributed by atoms with Crippen LogP contribution in [0.25, 0.3) is 0 Å². The highest BCUT2D eigenvalue weighted by atomic mass is 15.3. The van der Waals surface area contributed by atoms with Gasteiger partial charge in [-0.15, -0.1) is 0 Å². The molecule has 1 aromatic rings. The van der Waals surface area contributed by atoms with E-state index in [0.717, 1.165) is 32.7 Å². The molecule has 0 amide bonds. The molecule has 0 unspecified atom stereocenters. The molecule has 2 rings (SSSR count). The summed E-state index contributed by atoms with van der Waals surface area (Å²) in [5, 5.41) is 15.4. The lowest BCUT2D eigenvalue weighted by Crippen LogP contribution is -2.44. The van der Waals surface area contributed by atoms with Gasteiger partial charge in [0, 0.05) is 32.7 Å². The third-order valence-corrected chi connectivity index (χ3v) is 2.79. The molecule has 0 radical (unpaired) electrons. The van der Waals surface area contributed by atoms with E-state index in [1.54, 1.807) is 0 Å². The molecule has 2 N–H and O–H groups in total. The normalized spacial score (nSPS) is 15.4. The van der Waals surface area contributed by atoms with Gasteiger partial charge in [-0.25, -0.2) is 0 Å². The number of aromatic nitrogens is 3. The Morgan fingerprint density at radius 2 is 2.05 bits per heavy atom. The van der Waals surface area contributed by atoms with E-state index in [0.29, 0.717) is 17.8 Å². The highest BCUT2D eigenvalue weighted by Gasteiger charge is 2.15. The lowest BCUT2D eigenvalue weighted by molar-refractivity contribution is 0.578. The van der Waals surface area contributed by atoms with Crippen molar-refractivity contribution >= 4 is 11.9 Å². The van der Waals surface area contributed by atoms with Crippen molar-refractivity contribution in [3.63, 3.8) is 0 Å². The maximum atomic E-state index is 9.00. The molecule has 1 fully saturated rings. The Balaban J connectivity index is 2.17. The fraction of sp³-hybridized carbons (Fsp3) is 0.667. The van der Waals surface area contributed by atoms with Gasteiger partial charge in [-0.05, 0) is 5.92 Å². The standard InChI is InChI=1S/C12H19N7/c1-9(2)8-15-11-16-10(7-13)17-12(18-11)19-5-3-14-4-6-19/h9,14H,3-6,8H2,1-2H3,(H,15,16,17,18). The third-order valence-electron chi connectivity index (χ3n) is 2.79. The summed E-state index contributed by atoms with van der Waals surface area (Å²) in [7, 11) is 0. The number of hydrogen-bond acceptors (Lipinski definition) is 7.